The van der Waals surface area contributed by atoms with Gasteiger partial charge in [-0.3, -0.25) is 10.1 Å². The number of likely N-dealkylation sites (N-methyl/N-ethyl adjacent to an activating group) is 1. The molecule has 2 rings (SSSR count). The summed E-state index contributed by atoms with van der Waals surface area (Å²) in [4.78, 5) is 8.69. The fraction of sp³-hybridized carbons (Fsp3) is 0.462. The number of pyridine rings is 1. The van der Waals surface area contributed by atoms with E-state index >= 15 is 0 Å². The van der Waals surface area contributed by atoms with E-state index in [-0.39, 0.29) is 6.04 Å². The van der Waals surface area contributed by atoms with Gasteiger partial charge in [0.25, 0.3) is 0 Å². The first-order valence-electron chi connectivity index (χ1n) is 6.36. The maximum absolute atomic E-state index is 4.48. The molecule has 2 heterocycles. The van der Waals surface area contributed by atoms with Crippen LogP contribution in [0.4, 0.5) is 0 Å². The molecule has 0 aliphatic rings. The van der Waals surface area contributed by atoms with Crippen molar-refractivity contribution in [3.8, 4) is 0 Å². The van der Waals surface area contributed by atoms with E-state index in [0.29, 0.717) is 0 Å². The third-order valence-electron chi connectivity index (χ3n) is 2.92. The molecule has 0 amide bonds. The minimum absolute atomic E-state index is 0.137. The number of hydrogen-bond acceptors (Lipinski definition) is 4. The lowest BCUT2D eigenvalue weighted by molar-refractivity contribution is 0.518. The van der Waals surface area contributed by atoms with Crippen LogP contribution >= 0.6 is 0 Å². The molecular formula is C13H19N5. The molecule has 0 fully saturated rings. The van der Waals surface area contributed by atoms with E-state index in [1.807, 2.05) is 6.20 Å². The summed E-state index contributed by atoms with van der Waals surface area (Å²) in [5, 5.41) is 10.2. The second kappa shape index (κ2) is 6.26. The van der Waals surface area contributed by atoms with Crippen molar-refractivity contribution >= 4 is 0 Å². The van der Waals surface area contributed by atoms with Gasteiger partial charge in [-0.25, -0.2) is 4.98 Å². The van der Waals surface area contributed by atoms with Gasteiger partial charge in [-0.2, -0.15) is 5.10 Å². The SMILES string of the molecule is CCNC(Cc1ccc(CC)cn1)c1ncn[nH]1. The Balaban J connectivity index is 2.08. The Bertz CT molecular complexity index is 449. The van der Waals surface area contributed by atoms with Crippen molar-refractivity contribution in [3.05, 3.63) is 41.7 Å². The molecule has 0 radical (unpaired) electrons. The van der Waals surface area contributed by atoms with Crippen LogP contribution in [0, 0.1) is 0 Å². The second-order valence-corrected chi connectivity index (χ2v) is 4.20. The molecule has 2 N–H and O–H groups in total. The predicted octanol–water partition coefficient (Wildman–Crippen LogP) is 1.66. The van der Waals surface area contributed by atoms with Crippen molar-refractivity contribution in [1.82, 2.24) is 25.5 Å². The highest BCUT2D eigenvalue weighted by molar-refractivity contribution is 5.15. The Morgan fingerprint density at radius 3 is 2.72 bits per heavy atom. The number of H-pyrrole nitrogens is 1. The fourth-order valence-corrected chi connectivity index (χ4v) is 1.89. The standard InChI is InChI=1S/C13H19N5/c1-3-10-5-6-11(15-8-10)7-12(14-4-2)13-16-9-17-18-13/h5-6,8-9,12,14H,3-4,7H2,1-2H3,(H,16,17,18). The average Bonchev–Trinajstić information content (AvgIpc) is 2.93. The van der Waals surface area contributed by atoms with Gasteiger partial charge in [0.1, 0.15) is 12.2 Å². The summed E-state index contributed by atoms with van der Waals surface area (Å²) in [6.45, 7) is 5.10. The minimum Gasteiger partial charge on any atom is -0.307 e. The van der Waals surface area contributed by atoms with E-state index in [9.17, 15) is 0 Å². The van der Waals surface area contributed by atoms with Crippen LogP contribution in [0.5, 0.6) is 0 Å². The molecule has 18 heavy (non-hydrogen) atoms. The van der Waals surface area contributed by atoms with Crippen LogP contribution in [-0.4, -0.2) is 26.7 Å². The summed E-state index contributed by atoms with van der Waals surface area (Å²) in [6.07, 6.45) is 5.31. The largest absolute Gasteiger partial charge is 0.307 e. The van der Waals surface area contributed by atoms with Crippen molar-refractivity contribution < 1.29 is 0 Å². The van der Waals surface area contributed by atoms with Crippen molar-refractivity contribution in [1.29, 1.82) is 0 Å². The third-order valence-corrected chi connectivity index (χ3v) is 2.92. The van der Waals surface area contributed by atoms with E-state index in [4.69, 9.17) is 0 Å². The molecule has 1 unspecified atom stereocenters. The van der Waals surface area contributed by atoms with Gasteiger partial charge in [0, 0.05) is 18.3 Å². The molecule has 0 aliphatic carbocycles. The molecular weight excluding hydrogens is 226 g/mol. The summed E-state index contributed by atoms with van der Waals surface area (Å²) in [5.74, 6) is 0.859. The highest BCUT2D eigenvalue weighted by Gasteiger charge is 2.14. The molecule has 0 spiro atoms. The highest BCUT2D eigenvalue weighted by Crippen LogP contribution is 2.13. The van der Waals surface area contributed by atoms with E-state index in [0.717, 1.165) is 30.9 Å². The Morgan fingerprint density at radius 2 is 2.17 bits per heavy atom. The molecule has 0 saturated heterocycles. The van der Waals surface area contributed by atoms with E-state index < -0.39 is 0 Å². The summed E-state index contributed by atoms with van der Waals surface area (Å²) in [5.41, 5.74) is 2.33. The van der Waals surface area contributed by atoms with Gasteiger partial charge >= 0.3 is 0 Å². The summed E-state index contributed by atoms with van der Waals surface area (Å²) in [7, 11) is 0. The smallest absolute Gasteiger partial charge is 0.141 e. The molecule has 5 heteroatoms. The summed E-state index contributed by atoms with van der Waals surface area (Å²) < 4.78 is 0. The maximum atomic E-state index is 4.48. The molecule has 96 valence electrons. The van der Waals surface area contributed by atoms with Gasteiger partial charge in [-0.1, -0.05) is 19.9 Å². The lowest BCUT2D eigenvalue weighted by atomic mass is 10.1. The molecule has 0 saturated carbocycles. The first-order valence-corrected chi connectivity index (χ1v) is 6.36. The quantitative estimate of drug-likeness (QED) is 0.812. The normalized spacial score (nSPS) is 12.6. The Morgan fingerprint density at radius 1 is 1.28 bits per heavy atom. The Kier molecular flexibility index (Phi) is 4.41. The van der Waals surface area contributed by atoms with Gasteiger partial charge in [0.15, 0.2) is 0 Å². The van der Waals surface area contributed by atoms with Crippen molar-refractivity contribution in [2.45, 2.75) is 32.7 Å². The van der Waals surface area contributed by atoms with Gasteiger partial charge in [-0.15, -0.1) is 0 Å². The molecule has 0 aromatic carbocycles. The monoisotopic (exact) mass is 245 g/mol. The number of aryl methyl sites for hydroxylation is 1. The van der Waals surface area contributed by atoms with Gasteiger partial charge in [-0.05, 0) is 24.6 Å². The Labute approximate surface area is 107 Å². The van der Waals surface area contributed by atoms with E-state index in [1.165, 1.54) is 11.9 Å². The van der Waals surface area contributed by atoms with Crippen LogP contribution in [0.1, 0.15) is 37.0 Å². The molecule has 0 aliphatic heterocycles. The number of aromatic nitrogens is 4. The van der Waals surface area contributed by atoms with Crippen LogP contribution in [0.25, 0.3) is 0 Å². The van der Waals surface area contributed by atoms with Crippen LogP contribution in [0.2, 0.25) is 0 Å². The van der Waals surface area contributed by atoms with Crippen LogP contribution in [-0.2, 0) is 12.8 Å². The topological polar surface area (TPSA) is 66.5 Å². The number of rotatable bonds is 6. The minimum atomic E-state index is 0.137. The van der Waals surface area contributed by atoms with E-state index in [2.05, 4.69) is 51.5 Å². The fourth-order valence-electron chi connectivity index (χ4n) is 1.89. The van der Waals surface area contributed by atoms with Gasteiger partial charge in [0.2, 0.25) is 0 Å². The lowest BCUT2D eigenvalue weighted by Crippen LogP contribution is -2.24. The van der Waals surface area contributed by atoms with E-state index in [1.54, 1.807) is 0 Å². The number of nitrogens with one attached hydrogen (secondary N) is 2. The average molecular weight is 245 g/mol. The van der Waals surface area contributed by atoms with Gasteiger partial charge in [0.05, 0.1) is 6.04 Å². The first-order chi connectivity index (χ1) is 8.83. The van der Waals surface area contributed by atoms with Gasteiger partial charge < -0.3 is 5.32 Å². The zero-order valence-electron chi connectivity index (χ0n) is 10.8. The zero-order valence-corrected chi connectivity index (χ0v) is 10.8. The van der Waals surface area contributed by atoms with Crippen LogP contribution < -0.4 is 5.32 Å². The second-order valence-electron chi connectivity index (χ2n) is 4.20. The first kappa shape index (κ1) is 12.7. The van der Waals surface area contributed by atoms with Crippen molar-refractivity contribution in [2.24, 2.45) is 0 Å². The van der Waals surface area contributed by atoms with Crippen molar-refractivity contribution in [3.63, 3.8) is 0 Å². The zero-order chi connectivity index (χ0) is 12.8. The molecule has 2 aromatic rings. The molecule has 0 bridgehead atoms. The van der Waals surface area contributed by atoms with Crippen molar-refractivity contribution in [2.75, 3.05) is 6.54 Å². The summed E-state index contributed by atoms with van der Waals surface area (Å²) >= 11 is 0. The summed E-state index contributed by atoms with van der Waals surface area (Å²) in [6, 6.07) is 4.35. The lowest BCUT2D eigenvalue weighted by Gasteiger charge is -2.14. The number of aromatic amines is 1. The highest BCUT2D eigenvalue weighted by atomic mass is 15.2. The number of hydrogen-bond donors (Lipinski definition) is 2. The maximum Gasteiger partial charge on any atom is 0.141 e. The number of nitrogens with zero attached hydrogens (tertiary/aromatic N) is 3. The van der Waals surface area contributed by atoms with Crippen LogP contribution in [0.3, 0.4) is 0 Å². The Hall–Kier alpha value is -1.75. The predicted molar refractivity (Wildman–Crippen MR) is 70.1 cm³/mol. The molecule has 2 aromatic heterocycles. The molecule has 5 nitrogen and oxygen atoms in total. The third kappa shape index (κ3) is 3.13. The van der Waals surface area contributed by atoms with Crippen LogP contribution in [0.15, 0.2) is 24.7 Å². The molecule has 1 atom stereocenters.